The average Bonchev–Trinajstić information content (AvgIpc) is 2.99. The Bertz CT molecular complexity index is 882. The molecule has 2 heterocycles. The Hall–Kier alpha value is -3.08. The van der Waals surface area contributed by atoms with Crippen molar-refractivity contribution in [1.29, 1.82) is 0 Å². The SMILES string of the molecule is O=C1C(=O)c2[nH]c(-c3cccnc3)nc2-c2ccccc21. The van der Waals surface area contributed by atoms with Crippen molar-refractivity contribution in [3.63, 3.8) is 0 Å². The molecule has 3 aromatic rings. The number of rotatable bonds is 1. The fraction of sp³-hybridized carbons (Fsp3) is 0. The third kappa shape index (κ3) is 1.64. The molecule has 1 aliphatic carbocycles. The van der Waals surface area contributed by atoms with Gasteiger partial charge in [-0.1, -0.05) is 24.3 Å². The van der Waals surface area contributed by atoms with Crippen LogP contribution in [0.15, 0.2) is 48.8 Å². The fourth-order valence-electron chi connectivity index (χ4n) is 2.50. The maximum atomic E-state index is 12.2. The van der Waals surface area contributed by atoms with Crippen molar-refractivity contribution in [1.82, 2.24) is 15.0 Å². The molecular weight excluding hydrogens is 266 g/mol. The molecule has 0 aliphatic heterocycles. The number of nitrogens with one attached hydrogen (secondary N) is 1. The molecule has 0 atom stereocenters. The summed E-state index contributed by atoms with van der Waals surface area (Å²) in [6, 6.07) is 10.6. The normalized spacial score (nSPS) is 13.0. The van der Waals surface area contributed by atoms with E-state index in [1.54, 1.807) is 36.7 Å². The van der Waals surface area contributed by atoms with E-state index in [0.29, 0.717) is 22.6 Å². The largest absolute Gasteiger partial charge is 0.335 e. The third-order valence-electron chi connectivity index (χ3n) is 3.50. The zero-order valence-corrected chi connectivity index (χ0v) is 10.8. The van der Waals surface area contributed by atoms with Crippen molar-refractivity contribution in [2.75, 3.05) is 0 Å². The maximum Gasteiger partial charge on any atom is 0.251 e. The van der Waals surface area contributed by atoms with Crippen LogP contribution in [0, 0.1) is 0 Å². The van der Waals surface area contributed by atoms with Crippen molar-refractivity contribution < 1.29 is 9.59 Å². The molecule has 0 spiro atoms. The number of imidazole rings is 1. The van der Waals surface area contributed by atoms with Crippen molar-refractivity contribution in [2.45, 2.75) is 0 Å². The van der Waals surface area contributed by atoms with Crippen molar-refractivity contribution >= 4 is 11.6 Å². The highest BCUT2D eigenvalue weighted by molar-refractivity contribution is 6.52. The van der Waals surface area contributed by atoms with Crippen LogP contribution in [0.3, 0.4) is 0 Å². The van der Waals surface area contributed by atoms with Crippen molar-refractivity contribution in [2.24, 2.45) is 0 Å². The molecule has 0 fully saturated rings. The number of carbonyl (C=O) groups is 2. The summed E-state index contributed by atoms with van der Waals surface area (Å²) in [5.41, 5.74) is 2.62. The minimum atomic E-state index is -0.550. The zero-order chi connectivity index (χ0) is 14.4. The first kappa shape index (κ1) is 11.7. The van der Waals surface area contributed by atoms with Crippen LogP contribution in [0.2, 0.25) is 0 Å². The molecule has 21 heavy (non-hydrogen) atoms. The Morgan fingerprint density at radius 2 is 1.71 bits per heavy atom. The van der Waals surface area contributed by atoms with Crippen LogP contribution < -0.4 is 0 Å². The van der Waals surface area contributed by atoms with E-state index >= 15 is 0 Å². The number of hydrogen-bond acceptors (Lipinski definition) is 4. The number of aromatic nitrogens is 3. The summed E-state index contributed by atoms with van der Waals surface area (Å²) in [6.45, 7) is 0. The van der Waals surface area contributed by atoms with E-state index in [4.69, 9.17) is 0 Å². The van der Waals surface area contributed by atoms with Crippen LogP contribution >= 0.6 is 0 Å². The Balaban J connectivity index is 1.97. The van der Waals surface area contributed by atoms with Crippen LogP contribution in [0.25, 0.3) is 22.6 Å². The number of carbonyl (C=O) groups excluding carboxylic acids is 2. The summed E-state index contributed by atoms with van der Waals surface area (Å²) in [5, 5.41) is 0. The van der Waals surface area contributed by atoms with Crippen molar-refractivity contribution in [3.05, 3.63) is 60.0 Å². The van der Waals surface area contributed by atoms with Gasteiger partial charge in [0.05, 0.1) is 0 Å². The first-order chi connectivity index (χ1) is 10.3. The molecule has 5 heteroatoms. The third-order valence-corrected chi connectivity index (χ3v) is 3.50. The quantitative estimate of drug-likeness (QED) is 0.692. The first-order valence-corrected chi connectivity index (χ1v) is 6.44. The lowest BCUT2D eigenvalue weighted by atomic mass is 9.90. The molecule has 100 valence electrons. The lowest BCUT2D eigenvalue weighted by Gasteiger charge is -2.11. The average molecular weight is 275 g/mol. The number of hydrogen-bond donors (Lipinski definition) is 1. The number of fused-ring (bicyclic) bond motifs is 3. The molecule has 0 radical (unpaired) electrons. The summed E-state index contributed by atoms with van der Waals surface area (Å²) in [7, 11) is 0. The summed E-state index contributed by atoms with van der Waals surface area (Å²) >= 11 is 0. The second kappa shape index (κ2) is 4.21. The van der Waals surface area contributed by atoms with Gasteiger partial charge >= 0.3 is 0 Å². The van der Waals surface area contributed by atoms with Gasteiger partial charge in [-0.3, -0.25) is 14.6 Å². The Morgan fingerprint density at radius 3 is 2.48 bits per heavy atom. The van der Waals surface area contributed by atoms with Crippen LogP contribution in [0.1, 0.15) is 20.8 Å². The molecule has 0 bridgehead atoms. The van der Waals surface area contributed by atoms with Gasteiger partial charge in [0.15, 0.2) is 0 Å². The lowest BCUT2D eigenvalue weighted by molar-refractivity contribution is 0.0812. The van der Waals surface area contributed by atoms with E-state index < -0.39 is 11.6 Å². The van der Waals surface area contributed by atoms with Gasteiger partial charge in [0, 0.05) is 29.1 Å². The molecule has 4 rings (SSSR count). The van der Waals surface area contributed by atoms with E-state index in [1.165, 1.54) is 0 Å². The van der Waals surface area contributed by atoms with Gasteiger partial charge in [0.1, 0.15) is 17.2 Å². The molecule has 2 aromatic heterocycles. The smallest absolute Gasteiger partial charge is 0.251 e. The van der Waals surface area contributed by atoms with Gasteiger partial charge in [-0.15, -0.1) is 0 Å². The topological polar surface area (TPSA) is 75.7 Å². The number of ketones is 2. The molecule has 0 saturated carbocycles. The molecule has 0 amide bonds. The van der Waals surface area contributed by atoms with Crippen LogP contribution in [-0.4, -0.2) is 26.5 Å². The van der Waals surface area contributed by atoms with Gasteiger partial charge in [-0.05, 0) is 12.1 Å². The Labute approximate surface area is 119 Å². The van der Waals surface area contributed by atoms with Gasteiger partial charge in [0.25, 0.3) is 5.78 Å². The Kier molecular flexibility index (Phi) is 2.35. The fourth-order valence-corrected chi connectivity index (χ4v) is 2.50. The molecule has 5 nitrogen and oxygen atoms in total. The first-order valence-electron chi connectivity index (χ1n) is 6.44. The highest BCUT2D eigenvalue weighted by Gasteiger charge is 2.33. The van der Waals surface area contributed by atoms with E-state index in [2.05, 4.69) is 15.0 Å². The van der Waals surface area contributed by atoms with Crippen LogP contribution in [0.4, 0.5) is 0 Å². The number of H-pyrrole nitrogens is 1. The summed E-state index contributed by atoms with van der Waals surface area (Å²) < 4.78 is 0. The van der Waals surface area contributed by atoms with Gasteiger partial charge in [0.2, 0.25) is 5.78 Å². The van der Waals surface area contributed by atoms with Gasteiger partial charge < -0.3 is 4.98 Å². The monoisotopic (exact) mass is 275 g/mol. The molecule has 1 aromatic carbocycles. The number of benzene rings is 1. The maximum absolute atomic E-state index is 12.2. The molecule has 0 unspecified atom stereocenters. The molecular formula is C16H9N3O2. The minimum absolute atomic E-state index is 0.248. The lowest BCUT2D eigenvalue weighted by Crippen LogP contribution is -2.21. The highest BCUT2D eigenvalue weighted by atomic mass is 16.2. The number of nitrogens with zero attached hydrogens (tertiary/aromatic N) is 2. The number of aromatic amines is 1. The molecule has 1 aliphatic rings. The van der Waals surface area contributed by atoms with Crippen LogP contribution in [0.5, 0.6) is 0 Å². The van der Waals surface area contributed by atoms with Crippen molar-refractivity contribution in [3.8, 4) is 22.6 Å². The molecule has 0 saturated heterocycles. The van der Waals surface area contributed by atoms with Crippen LogP contribution in [-0.2, 0) is 0 Å². The van der Waals surface area contributed by atoms with E-state index in [0.717, 1.165) is 5.56 Å². The second-order valence-corrected chi connectivity index (χ2v) is 4.75. The molecule has 1 N–H and O–H groups in total. The highest BCUT2D eigenvalue weighted by Crippen LogP contribution is 2.33. The van der Waals surface area contributed by atoms with E-state index in [1.807, 2.05) is 12.1 Å². The van der Waals surface area contributed by atoms with E-state index in [-0.39, 0.29) is 5.69 Å². The minimum Gasteiger partial charge on any atom is -0.335 e. The Morgan fingerprint density at radius 1 is 0.905 bits per heavy atom. The second-order valence-electron chi connectivity index (χ2n) is 4.75. The number of pyridine rings is 1. The zero-order valence-electron chi connectivity index (χ0n) is 10.8. The summed E-state index contributed by atoms with van der Waals surface area (Å²) in [5.74, 6) is -0.517. The summed E-state index contributed by atoms with van der Waals surface area (Å²) in [6.07, 6.45) is 3.32. The number of Topliss-reactive ketones (excluding diaryl/α,β-unsaturated/α-hetero) is 2. The summed E-state index contributed by atoms with van der Waals surface area (Å²) in [4.78, 5) is 35.8. The predicted octanol–water partition coefficient (Wildman–Crippen LogP) is 2.52. The van der Waals surface area contributed by atoms with Gasteiger partial charge in [-0.25, -0.2) is 4.98 Å². The van der Waals surface area contributed by atoms with E-state index in [9.17, 15) is 9.59 Å². The standard InChI is InChI=1S/C16H9N3O2/c20-14-11-6-2-1-5-10(11)12-13(15(14)21)19-16(18-12)9-4-3-7-17-8-9/h1-8H,(H,18,19). The predicted molar refractivity (Wildman–Crippen MR) is 75.9 cm³/mol. The van der Waals surface area contributed by atoms with Gasteiger partial charge in [-0.2, -0.15) is 0 Å².